The minimum absolute atomic E-state index is 0.220. The van der Waals surface area contributed by atoms with Gasteiger partial charge in [-0.15, -0.1) is 0 Å². The molecular formula is C17H18FN5O. The second kappa shape index (κ2) is 6.52. The highest BCUT2D eigenvalue weighted by Gasteiger charge is 2.24. The summed E-state index contributed by atoms with van der Waals surface area (Å²) in [5.41, 5.74) is 1.86. The molecule has 0 bridgehead atoms. The van der Waals surface area contributed by atoms with Crippen LogP contribution in [0.2, 0.25) is 0 Å². The topological polar surface area (TPSA) is 60.0 Å². The van der Waals surface area contributed by atoms with Crippen LogP contribution >= 0.6 is 0 Å². The molecule has 6 nitrogen and oxygen atoms in total. The maximum atomic E-state index is 13.7. The van der Waals surface area contributed by atoms with E-state index in [-0.39, 0.29) is 5.82 Å². The first-order chi connectivity index (χ1) is 11.8. The number of rotatable bonds is 4. The number of hydrogen-bond donors (Lipinski definition) is 0. The molecule has 1 aliphatic heterocycles. The number of halogens is 1. The summed E-state index contributed by atoms with van der Waals surface area (Å²) in [7, 11) is 0. The monoisotopic (exact) mass is 327 g/mol. The van der Waals surface area contributed by atoms with E-state index in [1.54, 1.807) is 23.0 Å². The van der Waals surface area contributed by atoms with E-state index in [0.717, 1.165) is 43.0 Å². The standard InChI is InChI=1S/C17H18FN5O/c18-15-2-3-16(23-7-1-6-20-23)14(10-15)11-22-8-4-13(5-9-22)17-19-12-24-21-17/h1-3,6-7,10,12-13H,4-5,8-9,11H2. The van der Waals surface area contributed by atoms with Gasteiger partial charge in [0.25, 0.3) is 0 Å². The van der Waals surface area contributed by atoms with Gasteiger partial charge in [0.2, 0.25) is 6.39 Å². The predicted molar refractivity (Wildman–Crippen MR) is 85.1 cm³/mol. The van der Waals surface area contributed by atoms with Crippen LogP contribution in [-0.4, -0.2) is 37.9 Å². The van der Waals surface area contributed by atoms with Gasteiger partial charge in [0.15, 0.2) is 5.82 Å². The van der Waals surface area contributed by atoms with Crippen LogP contribution in [0.15, 0.2) is 47.6 Å². The summed E-state index contributed by atoms with van der Waals surface area (Å²) < 4.78 is 20.3. The zero-order chi connectivity index (χ0) is 16.4. The molecule has 0 amide bonds. The first kappa shape index (κ1) is 15.0. The molecule has 2 aromatic heterocycles. The van der Waals surface area contributed by atoms with Gasteiger partial charge in [0, 0.05) is 24.9 Å². The smallest absolute Gasteiger partial charge is 0.213 e. The van der Waals surface area contributed by atoms with Crippen molar-refractivity contribution in [3.63, 3.8) is 0 Å². The fraction of sp³-hybridized carbons (Fsp3) is 0.353. The Kier molecular flexibility index (Phi) is 4.08. The Morgan fingerprint density at radius 3 is 2.83 bits per heavy atom. The first-order valence-corrected chi connectivity index (χ1v) is 8.06. The van der Waals surface area contributed by atoms with Gasteiger partial charge in [-0.25, -0.2) is 9.07 Å². The fourth-order valence-electron chi connectivity index (χ4n) is 3.26. The number of benzene rings is 1. The molecule has 0 N–H and O–H groups in total. The third-order valence-corrected chi connectivity index (χ3v) is 4.52. The molecule has 24 heavy (non-hydrogen) atoms. The van der Waals surface area contributed by atoms with Crippen molar-refractivity contribution in [1.29, 1.82) is 0 Å². The average molecular weight is 327 g/mol. The zero-order valence-corrected chi connectivity index (χ0v) is 13.2. The van der Waals surface area contributed by atoms with Crippen LogP contribution in [0.3, 0.4) is 0 Å². The molecular weight excluding hydrogens is 309 g/mol. The number of aromatic nitrogens is 4. The summed E-state index contributed by atoms with van der Waals surface area (Å²) in [4.78, 5) is 6.48. The van der Waals surface area contributed by atoms with Crippen LogP contribution < -0.4 is 0 Å². The Morgan fingerprint density at radius 2 is 2.12 bits per heavy atom. The van der Waals surface area contributed by atoms with Gasteiger partial charge in [-0.05, 0) is 55.8 Å². The van der Waals surface area contributed by atoms with E-state index in [0.29, 0.717) is 12.5 Å². The van der Waals surface area contributed by atoms with Crippen molar-refractivity contribution in [3.8, 4) is 5.69 Å². The first-order valence-electron chi connectivity index (χ1n) is 8.06. The van der Waals surface area contributed by atoms with E-state index < -0.39 is 0 Å². The Hall–Kier alpha value is -2.54. The molecule has 0 saturated carbocycles. The third kappa shape index (κ3) is 3.07. The molecule has 1 aliphatic rings. The molecule has 3 aromatic rings. The van der Waals surface area contributed by atoms with Crippen molar-refractivity contribution in [2.75, 3.05) is 13.1 Å². The lowest BCUT2D eigenvalue weighted by Crippen LogP contribution is -2.33. The number of likely N-dealkylation sites (tertiary alicyclic amines) is 1. The average Bonchev–Trinajstić information content (AvgIpc) is 3.30. The van der Waals surface area contributed by atoms with Gasteiger partial charge < -0.3 is 4.52 Å². The summed E-state index contributed by atoms with van der Waals surface area (Å²) in [6, 6.07) is 6.72. The van der Waals surface area contributed by atoms with Crippen molar-refractivity contribution in [1.82, 2.24) is 24.8 Å². The lowest BCUT2D eigenvalue weighted by atomic mass is 9.96. The molecule has 0 radical (unpaired) electrons. The molecule has 4 rings (SSSR count). The van der Waals surface area contributed by atoms with Gasteiger partial charge >= 0.3 is 0 Å². The summed E-state index contributed by atoms with van der Waals surface area (Å²) in [5, 5.41) is 8.21. The Morgan fingerprint density at radius 1 is 1.25 bits per heavy atom. The Balaban J connectivity index is 1.47. The summed E-state index contributed by atoms with van der Waals surface area (Å²) in [6.45, 7) is 2.55. The van der Waals surface area contributed by atoms with Crippen LogP contribution in [0, 0.1) is 5.82 Å². The van der Waals surface area contributed by atoms with E-state index in [1.807, 2.05) is 12.3 Å². The molecule has 124 valence electrons. The van der Waals surface area contributed by atoms with Crippen LogP contribution in [-0.2, 0) is 6.54 Å². The van der Waals surface area contributed by atoms with E-state index in [2.05, 4.69) is 20.1 Å². The van der Waals surface area contributed by atoms with Crippen LogP contribution in [0.25, 0.3) is 5.69 Å². The molecule has 0 spiro atoms. The zero-order valence-electron chi connectivity index (χ0n) is 13.2. The summed E-state index contributed by atoms with van der Waals surface area (Å²) >= 11 is 0. The highest BCUT2D eigenvalue weighted by Crippen LogP contribution is 2.27. The van der Waals surface area contributed by atoms with Crippen molar-refractivity contribution >= 4 is 0 Å². The minimum atomic E-state index is -0.220. The second-order valence-electron chi connectivity index (χ2n) is 6.06. The van der Waals surface area contributed by atoms with Gasteiger partial charge in [-0.1, -0.05) is 5.16 Å². The SMILES string of the molecule is Fc1ccc(-n2cccn2)c(CN2CCC(c3ncon3)CC2)c1. The van der Waals surface area contributed by atoms with E-state index in [1.165, 1.54) is 12.5 Å². The van der Waals surface area contributed by atoms with E-state index in [4.69, 9.17) is 4.52 Å². The van der Waals surface area contributed by atoms with Crippen molar-refractivity contribution in [2.45, 2.75) is 25.3 Å². The molecule has 1 saturated heterocycles. The highest BCUT2D eigenvalue weighted by molar-refractivity contribution is 5.40. The van der Waals surface area contributed by atoms with Crippen LogP contribution in [0.1, 0.15) is 30.1 Å². The Labute approximate surface area is 138 Å². The quantitative estimate of drug-likeness (QED) is 0.737. The van der Waals surface area contributed by atoms with Crippen LogP contribution in [0.4, 0.5) is 4.39 Å². The predicted octanol–water partition coefficient (Wildman–Crippen LogP) is 2.77. The molecule has 0 aliphatic carbocycles. The lowest BCUT2D eigenvalue weighted by Gasteiger charge is -2.31. The molecule has 7 heteroatoms. The number of piperidine rings is 1. The van der Waals surface area contributed by atoms with Crippen LogP contribution in [0.5, 0.6) is 0 Å². The number of nitrogens with zero attached hydrogens (tertiary/aromatic N) is 5. The van der Waals surface area contributed by atoms with Gasteiger partial charge in [-0.3, -0.25) is 4.90 Å². The maximum Gasteiger partial charge on any atom is 0.213 e. The van der Waals surface area contributed by atoms with Gasteiger partial charge in [0.05, 0.1) is 5.69 Å². The third-order valence-electron chi connectivity index (χ3n) is 4.52. The lowest BCUT2D eigenvalue weighted by molar-refractivity contribution is 0.200. The molecule has 1 fully saturated rings. The van der Waals surface area contributed by atoms with E-state index in [9.17, 15) is 4.39 Å². The normalized spacial score (nSPS) is 16.5. The minimum Gasteiger partial charge on any atom is -0.343 e. The van der Waals surface area contributed by atoms with Gasteiger partial charge in [-0.2, -0.15) is 10.1 Å². The maximum absolute atomic E-state index is 13.7. The van der Waals surface area contributed by atoms with Gasteiger partial charge in [0.1, 0.15) is 5.82 Å². The largest absolute Gasteiger partial charge is 0.343 e. The number of hydrogen-bond acceptors (Lipinski definition) is 5. The fourth-order valence-corrected chi connectivity index (χ4v) is 3.26. The van der Waals surface area contributed by atoms with E-state index >= 15 is 0 Å². The highest BCUT2D eigenvalue weighted by atomic mass is 19.1. The summed E-state index contributed by atoms with van der Waals surface area (Å²) in [5.74, 6) is 0.915. The van der Waals surface area contributed by atoms with Crippen molar-refractivity contribution in [3.05, 3.63) is 60.3 Å². The molecule has 0 unspecified atom stereocenters. The Bertz CT molecular complexity index is 779. The second-order valence-corrected chi connectivity index (χ2v) is 6.06. The van der Waals surface area contributed by atoms with Crippen molar-refractivity contribution < 1.29 is 8.91 Å². The summed E-state index contributed by atoms with van der Waals surface area (Å²) in [6.07, 6.45) is 6.94. The molecule has 0 atom stereocenters. The van der Waals surface area contributed by atoms with Crippen molar-refractivity contribution in [2.24, 2.45) is 0 Å². The molecule has 3 heterocycles. The molecule has 1 aromatic carbocycles.